The number of aromatic nitrogens is 2. The molecule has 4 heterocycles. The van der Waals surface area contributed by atoms with Gasteiger partial charge in [0.05, 0.1) is 45.5 Å². The van der Waals surface area contributed by atoms with Gasteiger partial charge in [0, 0.05) is 125 Å². The number of fused-ring (bicyclic) bond motifs is 8. The third-order valence-electron chi connectivity index (χ3n) is 22.2. The molecule has 0 unspecified atom stereocenters. The monoisotopic (exact) mass is 1490 g/mol. The Labute approximate surface area is 672 Å². The number of aryl methyl sites for hydroxylation is 6. The van der Waals surface area contributed by atoms with Crippen LogP contribution in [0.2, 0.25) is 0 Å². The van der Waals surface area contributed by atoms with Crippen molar-refractivity contribution in [2.75, 3.05) is 19.6 Å². The van der Waals surface area contributed by atoms with Gasteiger partial charge in [-0.05, 0) is 154 Å². The van der Waals surface area contributed by atoms with Crippen LogP contribution in [-0.4, -0.2) is 9.13 Å². The average Bonchev–Trinajstić information content (AvgIpc) is 1.58. The van der Waals surface area contributed by atoms with Crippen molar-refractivity contribution in [3.63, 3.8) is 0 Å². The molecule has 12 aromatic carbocycles. The number of rotatable bonds is 12. The molecule has 113 heavy (non-hydrogen) atoms. The number of para-hydroxylation sites is 3. The number of thiophene rings is 1. The summed E-state index contributed by atoms with van der Waals surface area (Å²) in [6.07, 6.45) is 17.8. The largest absolute Gasteiger partial charge is 0.462 e. The molecule has 4 aromatic heterocycles. The first-order valence-electron chi connectivity index (χ1n) is 38.2. The van der Waals surface area contributed by atoms with Gasteiger partial charge in [0.2, 0.25) is 0 Å². The molecule has 0 amide bonds. The van der Waals surface area contributed by atoms with Gasteiger partial charge < -0.3 is 33.2 Å². The number of nitrogens with zero attached hydrogens (tertiary/aromatic N) is 6. The molecule has 20 rings (SSSR count). The molecule has 16 aromatic rings. The predicted molar refractivity (Wildman–Crippen MR) is 488 cm³/mol. The number of furan rings is 1. The first-order valence-corrected chi connectivity index (χ1v) is 39.1. The first kappa shape index (κ1) is 77.1. The Balaban J connectivity index is 0.000000124. The van der Waals surface area contributed by atoms with Crippen molar-refractivity contribution in [2.45, 2.75) is 101 Å². The van der Waals surface area contributed by atoms with E-state index in [0.717, 1.165) is 35.2 Å². The summed E-state index contributed by atoms with van der Waals surface area (Å²) in [5, 5.41) is 7.21. The van der Waals surface area contributed by atoms with Crippen LogP contribution in [0.4, 0.5) is 45.5 Å². The van der Waals surface area contributed by atoms with E-state index in [0.29, 0.717) is 0 Å². The van der Waals surface area contributed by atoms with E-state index in [9.17, 15) is 0 Å². The Morgan fingerprint density at radius 3 is 1.14 bits per heavy atom. The maximum Gasteiger partial charge on any atom is 0.136 e. The lowest BCUT2D eigenvalue weighted by atomic mass is 9.87. The molecular formula is C105H102N6OS. The van der Waals surface area contributed by atoms with E-state index in [4.69, 9.17) is 4.42 Å². The second-order valence-electron chi connectivity index (χ2n) is 30.7. The average molecular weight is 1500 g/mol. The molecule has 0 saturated heterocycles. The third-order valence-corrected chi connectivity index (χ3v) is 23.1. The van der Waals surface area contributed by atoms with E-state index in [1.165, 1.54) is 156 Å². The summed E-state index contributed by atoms with van der Waals surface area (Å²) in [7, 11) is 4.23. The standard InChI is InChI=1S/C29H29N.C25H23N3.C24H19NO.C24H19NS.3CH4/c1-20-14-16-21(17-15-20)30(26-18-28(2,3)24-12-8-6-10-22(24)26)27-19-29(4,5)25-13-9-7-11-23(25)27;1-18-12-14-19(15-13-18)28(24-16-26(2)22-10-6-4-8-20(22)24)25-17-27(3)23-11-7-5-9-21(23)25;2*1-17-10-13-19(14-11-17)25(22-15-12-18-6-2-3-7-20(18)22)23-16-26-24-9-5-4-8-21(23)24;;;/h6-19H,1-5H3;4-17H,1-3H3;2*2-11,13-16H,12H2,1H3;3*1H4. The van der Waals surface area contributed by atoms with Crippen LogP contribution in [0, 0.1) is 27.7 Å². The van der Waals surface area contributed by atoms with Crippen LogP contribution < -0.4 is 19.6 Å². The van der Waals surface area contributed by atoms with Crippen LogP contribution in [-0.2, 0) is 37.8 Å². The summed E-state index contributed by atoms with van der Waals surface area (Å²) in [5.74, 6) is 0. The summed E-state index contributed by atoms with van der Waals surface area (Å²) in [6.45, 7) is 17.8. The van der Waals surface area contributed by atoms with Gasteiger partial charge in [0.15, 0.2) is 0 Å². The SMILES string of the molecule is C.C.C.Cc1ccc(N(C2=CC(C)(C)c3ccccc32)C2=CC(C)(C)c3ccccc32)cc1.Cc1ccc(N(C2=CCc3ccccc32)c2coc3ccccc23)cc1.Cc1ccc(N(C2=CCc3ccccc32)c2csc3ccccc23)cc1.Cc1ccc(N(c2cn(C)c3ccccc23)c2cn(C)c3ccccc23)cc1. The lowest BCUT2D eigenvalue weighted by Crippen LogP contribution is -2.19. The van der Waals surface area contributed by atoms with E-state index >= 15 is 0 Å². The Hall–Kier alpha value is -12.6. The van der Waals surface area contributed by atoms with E-state index in [2.05, 4.69) is 419 Å². The summed E-state index contributed by atoms with van der Waals surface area (Å²) < 4.78 is 11.6. The van der Waals surface area contributed by atoms with Crippen LogP contribution in [0.15, 0.2) is 344 Å². The lowest BCUT2D eigenvalue weighted by Gasteiger charge is -2.29. The van der Waals surface area contributed by atoms with Gasteiger partial charge in [-0.3, -0.25) is 0 Å². The maximum atomic E-state index is 5.85. The normalized spacial score (nSPS) is 13.5. The minimum absolute atomic E-state index is 0. The highest BCUT2D eigenvalue weighted by Crippen LogP contribution is 2.52. The zero-order valence-corrected chi connectivity index (χ0v) is 65.1. The highest BCUT2D eigenvalue weighted by atomic mass is 32.1. The molecule has 7 nitrogen and oxygen atoms in total. The van der Waals surface area contributed by atoms with E-state index in [1.807, 2.05) is 29.7 Å². The zero-order chi connectivity index (χ0) is 75.4. The minimum atomic E-state index is 0. The quantitative estimate of drug-likeness (QED) is 0.122. The fraction of sp³-hybridized carbons (Fsp3) is 0.162. The van der Waals surface area contributed by atoms with Crippen molar-refractivity contribution in [1.82, 2.24) is 9.13 Å². The molecule has 0 saturated carbocycles. The fourth-order valence-corrected chi connectivity index (χ4v) is 17.5. The lowest BCUT2D eigenvalue weighted by molar-refractivity contribution is 0.616. The highest BCUT2D eigenvalue weighted by molar-refractivity contribution is 7.17. The van der Waals surface area contributed by atoms with Crippen LogP contribution in [0.3, 0.4) is 0 Å². The second-order valence-corrected chi connectivity index (χ2v) is 31.6. The predicted octanol–water partition coefficient (Wildman–Crippen LogP) is 29.2. The summed E-state index contributed by atoms with van der Waals surface area (Å²) in [6, 6.07) is 104. The maximum absolute atomic E-state index is 5.85. The molecule has 0 N–H and O–H groups in total. The molecule has 0 aliphatic heterocycles. The molecule has 0 fully saturated rings. The third kappa shape index (κ3) is 14.7. The number of anilines is 8. The van der Waals surface area contributed by atoms with E-state index in [-0.39, 0.29) is 33.1 Å². The molecule has 0 spiro atoms. The summed E-state index contributed by atoms with van der Waals surface area (Å²) in [5.41, 5.74) is 33.8. The van der Waals surface area contributed by atoms with Gasteiger partial charge in [0.1, 0.15) is 11.8 Å². The van der Waals surface area contributed by atoms with Crippen LogP contribution in [0.5, 0.6) is 0 Å². The van der Waals surface area contributed by atoms with Crippen LogP contribution in [0.1, 0.15) is 117 Å². The van der Waals surface area contributed by atoms with Gasteiger partial charge in [-0.2, -0.15) is 0 Å². The zero-order valence-electron chi connectivity index (χ0n) is 64.2. The molecule has 564 valence electrons. The number of allylic oxidation sites excluding steroid dienone is 4. The Morgan fingerprint density at radius 2 is 0.681 bits per heavy atom. The van der Waals surface area contributed by atoms with Gasteiger partial charge in [0.25, 0.3) is 0 Å². The van der Waals surface area contributed by atoms with Gasteiger partial charge in [-0.25, -0.2) is 0 Å². The van der Waals surface area contributed by atoms with E-state index < -0.39 is 0 Å². The van der Waals surface area contributed by atoms with Gasteiger partial charge in [-0.15, -0.1) is 11.3 Å². The topological polar surface area (TPSA) is 36.0 Å². The Kier molecular flexibility index (Phi) is 21.8. The summed E-state index contributed by atoms with van der Waals surface area (Å²) >= 11 is 1.81. The van der Waals surface area contributed by atoms with Crippen molar-refractivity contribution in [2.24, 2.45) is 14.1 Å². The molecule has 4 aliphatic rings. The molecule has 0 radical (unpaired) electrons. The smallest absolute Gasteiger partial charge is 0.136 e. The fourth-order valence-electron chi connectivity index (χ4n) is 16.5. The van der Waals surface area contributed by atoms with Crippen molar-refractivity contribution in [3.05, 3.63) is 406 Å². The molecule has 0 atom stereocenters. The van der Waals surface area contributed by atoms with Gasteiger partial charge in [-0.1, -0.05) is 297 Å². The highest BCUT2D eigenvalue weighted by Gasteiger charge is 2.39. The van der Waals surface area contributed by atoms with Crippen molar-refractivity contribution in [1.29, 1.82) is 0 Å². The van der Waals surface area contributed by atoms with Crippen molar-refractivity contribution in [3.8, 4) is 0 Å². The number of hydrogen-bond donors (Lipinski definition) is 0. The van der Waals surface area contributed by atoms with E-state index in [1.54, 1.807) is 0 Å². The molecule has 4 aliphatic carbocycles. The Morgan fingerprint density at radius 1 is 0.327 bits per heavy atom. The van der Waals surface area contributed by atoms with Crippen molar-refractivity contribution >= 4 is 122 Å². The number of hydrogen-bond acceptors (Lipinski definition) is 6. The molecule has 0 bridgehead atoms. The number of benzene rings is 12. The Bertz CT molecular complexity index is 5910. The second kappa shape index (κ2) is 32.0. The van der Waals surface area contributed by atoms with Crippen molar-refractivity contribution < 1.29 is 4.42 Å². The van der Waals surface area contributed by atoms with Crippen LogP contribution >= 0.6 is 11.3 Å². The minimum Gasteiger partial charge on any atom is -0.462 e. The van der Waals surface area contributed by atoms with Gasteiger partial charge >= 0.3 is 0 Å². The molecule has 8 heteroatoms. The first-order chi connectivity index (χ1) is 53.5. The molecular weight excluding hydrogens is 1390 g/mol. The summed E-state index contributed by atoms with van der Waals surface area (Å²) in [4.78, 5) is 9.59. The van der Waals surface area contributed by atoms with Crippen LogP contribution in [0.25, 0.3) is 65.6 Å².